The molecule has 3 nitrogen and oxygen atoms in total. The van der Waals surface area contributed by atoms with Crippen molar-refractivity contribution in [1.82, 2.24) is 0 Å². The zero-order valence-electron chi connectivity index (χ0n) is 14.8. The number of halogens is 2. The summed E-state index contributed by atoms with van der Waals surface area (Å²) in [5.41, 5.74) is 0.773. The maximum Gasteiger partial charge on any atom is 0.498 e. The van der Waals surface area contributed by atoms with Crippen LogP contribution in [0.2, 0.25) is 5.02 Å². The van der Waals surface area contributed by atoms with Crippen LogP contribution in [0.15, 0.2) is 42.5 Å². The van der Waals surface area contributed by atoms with Crippen LogP contribution in [0.25, 0.3) is 0 Å². The van der Waals surface area contributed by atoms with Gasteiger partial charge >= 0.3 is 7.12 Å². The molecule has 0 saturated carbocycles. The molecule has 1 heterocycles. The van der Waals surface area contributed by atoms with E-state index in [2.05, 4.69) is 0 Å². The van der Waals surface area contributed by atoms with E-state index in [1.807, 2.05) is 52.0 Å². The highest BCUT2D eigenvalue weighted by atomic mass is 35.5. The standard InChI is InChI=1S/C19H21BClFO3/c1-18(2)19(3,4)25-20(24-18)14-7-5-6-8-17(14)23-12-13-9-10-16(22)15(21)11-13/h5-11H,12H2,1-4H3. The number of benzene rings is 2. The maximum atomic E-state index is 13.3. The molecule has 0 spiro atoms. The lowest BCUT2D eigenvalue weighted by atomic mass is 9.78. The van der Waals surface area contributed by atoms with Crippen molar-refractivity contribution >= 4 is 24.2 Å². The van der Waals surface area contributed by atoms with E-state index in [0.29, 0.717) is 5.75 Å². The van der Waals surface area contributed by atoms with Gasteiger partial charge in [0.2, 0.25) is 0 Å². The molecule has 2 aromatic rings. The van der Waals surface area contributed by atoms with E-state index in [9.17, 15) is 4.39 Å². The van der Waals surface area contributed by atoms with Gasteiger partial charge in [0.1, 0.15) is 18.2 Å². The van der Waals surface area contributed by atoms with Crippen LogP contribution in [0.3, 0.4) is 0 Å². The fourth-order valence-corrected chi connectivity index (χ4v) is 2.77. The molecule has 0 amide bonds. The van der Waals surface area contributed by atoms with Crippen molar-refractivity contribution in [3.8, 4) is 5.75 Å². The molecule has 0 atom stereocenters. The van der Waals surface area contributed by atoms with Crippen LogP contribution < -0.4 is 10.2 Å². The first kappa shape index (κ1) is 18.2. The molecule has 0 radical (unpaired) electrons. The second-order valence-corrected chi connectivity index (χ2v) is 7.57. The first-order chi connectivity index (χ1) is 11.7. The fraction of sp³-hybridized carbons (Fsp3) is 0.368. The normalized spacial score (nSPS) is 18.4. The van der Waals surface area contributed by atoms with Crippen molar-refractivity contribution in [2.24, 2.45) is 0 Å². The lowest BCUT2D eigenvalue weighted by Crippen LogP contribution is -2.41. The first-order valence-corrected chi connectivity index (χ1v) is 8.59. The summed E-state index contributed by atoms with van der Waals surface area (Å²) < 4.78 is 31.4. The fourth-order valence-electron chi connectivity index (χ4n) is 2.57. The largest absolute Gasteiger partial charge is 0.498 e. The van der Waals surface area contributed by atoms with Gasteiger partial charge < -0.3 is 14.0 Å². The van der Waals surface area contributed by atoms with Crippen LogP contribution >= 0.6 is 11.6 Å². The minimum absolute atomic E-state index is 0.0837. The first-order valence-electron chi connectivity index (χ1n) is 8.21. The smallest absolute Gasteiger partial charge is 0.489 e. The molecule has 1 saturated heterocycles. The molecule has 2 aromatic carbocycles. The second kappa shape index (κ2) is 6.63. The Morgan fingerprint density at radius 3 is 2.32 bits per heavy atom. The molecule has 0 aromatic heterocycles. The van der Waals surface area contributed by atoms with E-state index in [4.69, 9.17) is 25.6 Å². The number of hydrogen-bond donors (Lipinski definition) is 0. The van der Waals surface area contributed by atoms with Crippen LogP contribution in [0.4, 0.5) is 4.39 Å². The second-order valence-electron chi connectivity index (χ2n) is 7.16. The van der Waals surface area contributed by atoms with E-state index >= 15 is 0 Å². The molecule has 3 rings (SSSR count). The van der Waals surface area contributed by atoms with E-state index in [0.717, 1.165) is 11.0 Å². The summed E-state index contributed by atoms with van der Waals surface area (Å²) in [6, 6.07) is 12.2. The van der Waals surface area contributed by atoms with Gasteiger partial charge in [-0.15, -0.1) is 0 Å². The van der Waals surface area contributed by atoms with Gasteiger partial charge in [0.05, 0.1) is 16.2 Å². The minimum Gasteiger partial charge on any atom is -0.489 e. The van der Waals surface area contributed by atoms with Crippen LogP contribution in [0.1, 0.15) is 33.3 Å². The third-order valence-electron chi connectivity index (χ3n) is 4.80. The van der Waals surface area contributed by atoms with Gasteiger partial charge in [0.25, 0.3) is 0 Å². The van der Waals surface area contributed by atoms with E-state index in [1.165, 1.54) is 6.07 Å². The van der Waals surface area contributed by atoms with E-state index in [-0.39, 0.29) is 11.6 Å². The Kier molecular flexibility index (Phi) is 4.84. The number of para-hydroxylation sites is 1. The third kappa shape index (κ3) is 3.69. The van der Waals surface area contributed by atoms with E-state index < -0.39 is 24.1 Å². The molecule has 0 N–H and O–H groups in total. The van der Waals surface area contributed by atoms with Gasteiger partial charge in [-0.25, -0.2) is 4.39 Å². The van der Waals surface area contributed by atoms with Gasteiger partial charge in [-0.1, -0.05) is 35.9 Å². The van der Waals surface area contributed by atoms with Crippen molar-refractivity contribution in [2.75, 3.05) is 0 Å². The Balaban J connectivity index is 1.79. The highest BCUT2D eigenvalue weighted by Crippen LogP contribution is 2.37. The number of hydrogen-bond acceptors (Lipinski definition) is 3. The summed E-state index contributed by atoms with van der Waals surface area (Å²) in [4.78, 5) is 0. The van der Waals surface area contributed by atoms with Crippen LogP contribution in [-0.4, -0.2) is 18.3 Å². The Morgan fingerprint density at radius 2 is 1.68 bits per heavy atom. The summed E-state index contributed by atoms with van der Waals surface area (Å²) in [7, 11) is -0.502. The zero-order valence-corrected chi connectivity index (χ0v) is 15.6. The van der Waals surface area contributed by atoms with Gasteiger partial charge in [-0.3, -0.25) is 0 Å². The summed E-state index contributed by atoms with van der Waals surface area (Å²) in [6.45, 7) is 8.32. The molecule has 0 aliphatic carbocycles. The predicted molar refractivity (Wildman–Crippen MR) is 97.9 cm³/mol. The number of ether oxygens (including phenoxy) is 1. The average Bonchev–Trinajstić information content (AvgIpc) is 2.77. The Hall–Kier alpha value is -1.56. The molecule has 0 bridgehead atoms. The van der Waals surface area contributed by atoms with Gasteiger partial charge in [-0.2, -0.15) is 0 Å². The Labute approximate surface area is 153 Å². The number of rotatable bonds is 4. The van der Waals surface area contributed by atoms with Crippen LogP contribution in [0, 0.1) is 5.82 Å². The maximum absolute atomic E-state index is 13.3. The molecule has 0 unspecified atom stereocenters. The lowest BCUT2D eigenvalue weighted by Gasteiger charge is -2.32. The van der Waals surface area contributed by atoms with Gasteiger partial charge in [0.15, 0.2) is 0 Å². The molecule has 132 valence electrons. The molecule has 1 fully saturated rings. The van der Waals surface area contributed by atoms with Crippen LogP contribution in [-0.2, 0) is 15.9 Å². The quantitative estimate of drug-likeness (QED) is 0.757. The topological polar surface area (TPSA) is 27.7 Å². The summed E-state index contributed by atoms with van der Waals surface area (Å²) >= 11 is 5.82. The summed E-state index contributed by atoms with van der Waals surface area (Å²) in [6.07, 6.45) is 0. The monoisotopic (exact) mass is 362 g/mol. The van der Waals surface area contributed by atoms with Crippen molar-refractivity contribution < 1.29 is 18.4 Å². The third-order valence-corrected chi connectivity index (χ3v) is 5.09. The van der Waals surface area contributed by atoms with Crippen LogP contribution in [0.5, 0.6) is 5.75 Å². The summed E-state index contributed by atoms with van der Waals surface area (Å²) in [5.74, 6) is 0.226. The molecular formula is C19H21BClFO3. The molecule has 1 aliphatic heterocycles. The highest BCUT2D eigenvalue weighted by molar-refractivity contribution is 6.63. The molecule has 25 heavy (non-hydrogen) atoms. The summed E-state index contributed by atoms with van der Waals surface area (Å²) in [5, 5.41) is 0.0837. The van der Waals surface area contributed by atoms with Gasteiger partial charge in [0, 0.05) is 5.46 Å². The molecule has 1 aliphatic rings. The van der Waals surface area contributed by atoms with Crippen molar-refractivity contribution in [1.29, 1.82) is 0 Å². The minimum atomic E-state index is -0.502. The molecule has 6 heteroatoms. The van der Waals surface area contributed by atoms with E-state index in [1.54, 1.807) is 12.1 Å². The predicted octanol–water partition coefficient (Wildman–Crippen LogP) is 4.36. The SMILES string of the molecule is CC1(C)OB(c2ccccc2OCc2ccc(F)c(Cl)c2)OC1(C)C. The van der Waals surface area contributed by atoms with Crippen molar-refractivity contribution in [3.63, 3.8) is 0 Å². The zero-order chi connectivity index (χ0) is 18.2. The Morgan fingerprint density at radius 1 is 1.04 bits per heavy atom. The molecular weight excluding hydrogens is 341 g/mol. The lowest BCUT2D eigenvalue weighted by molar-refractivity contribution is 0.00578. The van der Waals surface area contributed by atoms with Crippen molar-refractivity contribution in [3.05, 3.63) is 58.9 Å². The Bertz CT molecular complexity index is 763. The van der Waals surface area contributed by atoms with Gasteiger partial charge in [-0.05, 0) is 51.5 Å². The van der Waals surface area contributed by atoms with Crippen molar-refractivity contribution in [2.45, 2.75) is 45.5 Å². The average molecular weight is 363 g/mol. The highest BCUT2D eigenvalue weighted by Gasteiger charge is 2.52.